The van der Waals surface area contributed by atoms with Crippen molar-refractivity contribution in [1.82, 2.24) is 10.2 Å². The fraction of sp³-hybridized carbons (Fsp3) is 0.400. The summed E-state index contributed by atoms with van der Waals surface area (Å²) < 4.78 is 38.3. The van der Waals surface area contributed by atoms with Crippen LogP contribution >= 0.6 is 0 Å². The zero-order valence-corrected chi connectivity index (χ0v) is 21.2. The minimum absolute atomic E-state index is 0.130. The van der Waals surface area contributed by atoms with E-state index >= 15 is 0 Å². The van der Waals surface area contributed by atoms with Crippen molar-refractivity contribution in [3.63, 3.8) is 0 Å². The van der Waals surface area contributed by atoms with Gasteiger partial charge in [0.15, 0.2) is 0 Å². The van der Waals surface area contributed by atoms with Crippen molar-refractivity contribution in [3.8, 4) is 0 Å². The zero-order valence-electron chi connectivity index (χ0n) is 21.2. The van der Waals surface area contributed by atoms with Crippen LogP contribution in [0.1, 0.15) is 19.4 Å². The number of nitrogens with two attached hydrogens (primary N) is 2. The Kier molecular flexibility index (Phi) is 9.07. The summed E-state index contributed by atoms with van der Waals surface area (Å²) >= 11 is 0. The number of benzene rings is 1. The van der Waals surface area contributed by atoms with Gasteiger partial charge in [-0.05, 0) is 31.6 Å². The summed E-state index contributed by atoms with van der Waals surface area (Å²) in [5.41, 5.74) is 11.5. The van der Waals surface area contributed by atoms with Crippen LogP contribution in [0.4, 0.5) is 13.6 Å². The molecule has 1 unspecified atom stereocenters. The first-order valence-corrected chi connectivity index (χ1v) is 11.7. The van der Waals surface area contributed by atoms with Crippen molar-refractivity contribution < 1.29 is 32.6 Å². The van der Waals surface area contributed by atoms with E-state index in [1.807, 2.05) is 0 Å². The quantitative estimate of drug-likeness (QED) is 0.388. The van der Waals surface area contributed by atoms with E-state index in [0.717, 1.165) is 17.0 Å². The van der Waals surface area contributed by atoms with Crippen molar-refractivity contribution in [1.29, 1.82) is 0 Å². The Balaban J connectivity index is 1.76. The molecule has 0 saturated carbocycles. The first-order valence-electron chi connectivity index (χ1n) is 11.7. The molecule has 2 atom stereocenters. The van der Waals surface area contributed by atoms with E-state index in [2.05, 4.69) is 15.5 Å². The average Bonchev–Trinajstić information content (AvgIpc) is 3.26. The Morgan fingerprint density at radius 1 is 1.21 bits per heavy atom. The summed E-state index contributed by atoms with van der Waals surface area (Å²) in [6, 6.07) is 2.31. The molecule has 0 radical (unpaired) electrons. The topological polar surface area (TPSA) is 162 Å². The van der Waals surface area contributed by atoms with Gasteiger partial charge in [0.1, 0.15) is 24.8 Å². The fourth-order valence-corrected chi connectivity index (χ4v) is 3.69. The van der Waals surface area contributed by atoms with Crippen LogP contribution in [0.2, 0.25) is 0 Å². The summed E-state index contributed by atoms with van der Waals surface area (Å²) in [7, 11) is 1.37. The van der Waals surface area contributed by atoms with Crippen LogP contribution in [0.3, 0.4) is 0 Å². The Bertz CT molecular complexity index is 1220. The maximum Gasteiger partial charge on any atom is 0.410 e. The second kappa shape index (κ2) is 12.0. The van der Waals surface area contributed by atoms with E-state index in [1.54, 1.807) is 18.2 Å². The van der Waals surface area contributed by atoms with Crippen LogP contribution in [0.15, 0.2) is 52.2 Å². The number of amides is 3. The monoisotopic (exact) mass is 532 g/mol. The van der Waals surface area contributed by atoms with Crippen molar-refractivity contribution in [3.05, 3.63) is 59.2 Å². The SMILES string of the molecule is CN(CC(N)=O)C(=O)OCC1=CC=CC2=NN=C([C@@H](COCc3ccc(F)cc3F)NC(=O)C(C)(C)N)C12. The molecule has 1 aromatic carbocycles. The lowest BCUT2D eigenvalue weighted by Gasteiger charge is -2.28. The Hall–Kier alpha value is -3.97. The number of likely N-dealkylation sites (N-methyl/N-ethyl adjacent to an activating group) is 1. The van der Waals surface area contributed by atoms with Gasteiger partial charge in [-0.1, -0.05) is 18.2 Å². The highest BCUT2D eigenvalue weighted by Gasteiger charge is 2.38. The van der Waals surface area contributed by atoms with Gasteiger partial charge in [-0.2, -0.15) is 10.2 Å². The third-order valence-electron chi connectivity index (χ3n) is 5.69. The molecule has 1 heterocycles. The van der Waals surface area contributed by atoms with Gasteiger partial charge in [0.05, 0.1) is 42.1 Å². The Morgan fingerprint density at radius 2 is 1.95 bits per heavy atom. The molecule has 1 aliphatic carbocycles. The molecule has 0 aromatic heterocycles. The van der Waals surface area contributed by atoms with E-state index in [-0.39, 0.29) is 31.9 Å². The van der Waals surface area contributed by atoms with Crippen molar-refractivity contribution in [2.75, 3.05) is 26.8 Å². The number of allylic oxidation sites excluding steroid dienone is 3. The highest BCUT2D eigenvalue weighted by Crippen LogP contribution is 2.27. The van der Waals surface area contributed by atoms with Crippen LogP contribution < -0.4 is 16.8 Å². The second-order valence-corrected chi connectivity index (χ2v) is 9.46. The van der Waals surface area contributed by atoms with Crippen molar-refractivity contribution in [2.24, 2.45) is 27.6 Å². The first kappa shape index (κ1) is 28.6. The largest absolute Gasteiger partial charge is 0.445 e. The lowest BCUT2D eigenvalue weighted by molar-refractivity contribution is -0.126. The number of nitrogens with one attached hydrogen (secondary N) is 1. The molecule has 13 heteroatoms. The molecule has 5 N–H and O–H groups in total. The molecule has 38 heavy (non-hydrogen) atoms. The molecule has 0 spiro atoms. The Morgan fingerprint density at radius 3 is 2.61 bits per heavy atom. The molecule has 1 aromatic rings. The van der Waals surface area contributed by atoms with Crippen LogP contribution in [-0.2, 0) is 25.7 Å². The molecule has 3 rings (SSSR count). The summed E-state index contributed by atoms with van der Waals surface area (Å²) in [6.45, 7) is 2.28. The van der Waals surface area contributed by atoms with E-state index in [1.165, 1.54) is 27.0 Å². The molecule has 204 valence electrons. The number of ether oxygens (including phenoxy) is 2. The lowest BCUT2D eigenvalue weighted by Crippen LogP contribution is -2.56. The molecular formula is C25H30F2N6O5. The minimum atomic E-state index is -1.23. The maximum absolute atomic E-state index is 14.1. The normalized spacial score (nSPS) is 17.1. The number of halogens is 2. The number of carbonyl (C=O) groups excluding carboxylic acids is 3. The zero-order chi connectivity index (χ0) is 28.0. The molecule has 3 amide bonds. The van der Waals surface area contributed by atoms with Crippen LogP contribution in [0.25, 0.3) is 0 Å². The predicted molar refractivity (Wildman–Crippen MR) is 135 cm³/mol. The highest BCUT2D eigenvalue weighted by atomic mass is 19.1. The molecular weight excluding hydrogens is 502 g/mol. The summed E-state index contributed by atoms with van der Waals surface area (Å²) in [5, 5.41) is 11.3. The van der Waals surface area contributed by atoms with Gasteiger partial charge in [0.2, 0.25) is 11.8 Å². The first-order chi connectivity index (χ1) is 17.9. The average molecular weight is 533 g/mol. The highest BCUT2D eigenvalue weighted by molar-refractivity contribution is 6.20. The number of fused-ring (bicyclic) bond motifs is 1. The predicted octanol–water partition coefficient (Wildman–Crippen LogP) is 1.18. The third-order valence-corrected chi connectivity index (χ3v) is 5.69. The van der Waals surface area contributed by atoms with Crippen molar-refractivity contribution >= 4 is 29.3 Å². The number of carbonyl (C=O) groups is 3. The van der Waals surface area contributed by atoms with E-state index in [9.17, 15) is 23.2 Å². The molecule has 1 aliphatic heterocycles. The number of hydrogen-bond donors (Lipinski definition) is 3. The number of hydrogen-bond acceptors (Lipinski definition) is 8. The van der Waals surface area contributed by atoms with Crippen molar-refractivity contribution in [2.45, 2.75) is 32.0 Å². The summed E-state index contributed by atoms with van der Waals surface area (Å²) in [6.07, 6.45) is 4.42. The molecule has 2 aliphatic rings. The maximum atomic E-state index is 14.1. The molecule has 0 bridgehead atoms. The van der Waals surface area contributed by atoms with Gasteiger partial charge in [0, 0.05) is 18.7 Å². The molecule has 0 fully saturated rings. The third kappa shape index (κ3) is 7.29. The molecule has 11 nitrogen and oxygen atoms in total. The van der Waals surface area contributed by atoms with Gasteiger partial charge in [-0.3, -0.25) is 9.59 Å². The van der Waals surface area contributed by atoms with Gasteiger partial charge in [0.25, 0.3) is 0 Å². The van der Waals surface area contributed by atoms with E-state index < -0.39 is 47.0 Å². The second-order valence-electron chi connectivity index (χ2n) is 9.46. The van der Waals surface area contributed by atoms with Crippen LogP contribution in [-0.4, -0.2) is 72.6 Å². The lowest BCUT2D eigenvalue weighted by atomic mass is 9.83. The van der Waals surface area contributed by atoms with Crippen LogP contribution in [0.5, 0.6) is 0 Å². The standard InChI is InChI=1S/C25H30F2N6O5/c1-25(2,29)23(35)30-19(13-37-11-14-7-8-16(26)9-17(14)27)22-21-15(5-4-6-18(21)31-32-22)12-38-24(36)33(3)10-20(28)34/h4-9,19,21H,10-13,29H2,1-3H3,(H2,28,34)(H,30,35)/t19-,21?/m1/s1. The molecule has 0 saturated heterocycles. The van der Waals surface area contributed by atoms with Crippen LogP contribution in [0, 0.1) is 17.6 Å². The number of primary amides is 1. The van der Waals surface area contributed by atoms with E-state index in [0.29, 0.717) is 17.0 Å². The van der Waals surface area contributed by atoms with Gasteiger partial charge in [-0.15, -0.1) is 0 Å². The minimum Gasteiger partial charge on any atom is -0.445 e. The fourth-order valence-electron chi connectivity index (χ4n) is 3.69. The number of rotatable bonds is 11. The Labute approximate surface area is 218 Å². The van der Waals surface area contributed by atoms with E-state index in [4.69, 9.17) is 20.9 Å². The van der Waals surface area contributed by atoms with Gasteiger partial charge < -0.3 is 31.2 Å². The van der Waals surface area contributed by atoms with Gasteiger partial charge >= 0.3 is 6.09 Å². The summed E-state index contributed by atoms with van der Waals surface area (Å²) in [5.74, 6) is -3.20. The smallest absolute Gasteiger partial charge is 0.410 e. The van der Waals surface area contributed by atoms with Gasteiger partial charge in [-0.25, -0.2) is 13.6 Å². The summed E-state index contributed by atoms with van der Waals surface area (Å²) in [4.78, 5) is 37.1. The number of nitrogens with zero attached hydrogens (tertiary/aromatic N) is 3.